The second kappa shape index (κ2) is 9.52. The minimum atomic E-state index is -1.33. The predicted octanol–water partition coefficient (Wildman–Crippen LogP) is -0.421. The molecular formula is C4H11NO2Si. The molecule has 0 aliphatic heterocycles. The minimum Gasteiger partial charge on any atom is -0.465 e. The topological polar surface area (TPSA) is 63.3 Å². The Bertz CT molecular complexity index is 70.4. The molecule has 0 aromatic rings. The number of carbonyl (C=O) groups is 1. The Balaban J connectivity index is 0. The number of hydrogen-bond acceptors (Lipinski definition) is 1. The molecular weight excluding hydrogens is 122 g/mol. The third kappa shape index (κ3) is 1810. The molecule has 8 heavy (non-hydrogen) atoms. The molecule has 0 heterocycles. The maximum absolute atomic E-state index is 8.78. The van der Waals surface area contributed by atoms with Crippen LogP contribution in [0.4, 0.5) is 4.79 Å². The van der Waals surface area contributed by atoms with Gasteiger partial charge in [0.15, 0.2) is 0 Å². The zero-order chi connectivity index (χ0) is 6.99. The molecule has 0 unspecified atom stereocenters. The fourth-order valence-corrected chi connectivity index (χ4v) is 0. The number of allylic oxidation sites excluding steroid dienone is 1. The van der Waals surface area contributed by atoms with E-state index in [1.807, 2.05) is 6.08 Å². The van der Waals surface area contributed by atoms with Crippen LogP contribution < -0.4 is 5.73 Å². The van der Waals surface area contributed by atoms with Crippen LogP contribution in [0, 0.1) is 0 Å². The molecule has 0 fully saturated rings. The standard InChI is InChI=1S/C3H8Si.CH3NO2/c1-2-3-4;2-1(3)4/h2H,1,3H2,4H3;2H2,(H,3,4). The summed E-state index contributed by atoms with van der Waals surface area (Å²) in [7, 11) is 1.27. The molecule has 0 aliphatic carbocycles. The number of rotatable bonds is 1. The fourth-order valence-electron chi connectivity index (χ4n) is 0. The summed E-state index contributed by atoms with van der Waals surface area (Å²) in [4.78, 5) is 8.78. The first-order valence-electron chi connectivity index (χ1n) is 2.24. The second-order valence-corrected chi connectivity index (χ2v) is 1.85. The van der Waals surface area contributed by atoms with Crippen molar-refractivity contribution in [1.82, 2.24) is 0 Å². The van der Waals surface area contributed by atoms with Gasteiger partial charge in [-0.1, -0.05) is 6.08 Å². The molecule has 0 spiro atoms. The van der Waals surface area contributed by atoms with Gasteiger partial charge >= 0.3 is 6.09 Å². The van der Waals surface area contributed by atoms with Crippen molar-refractivity contribution in [3.63, 3.8) is 0 Å². The molecule has 0 bridgehead atoms. The normalized spacial score (nSPS) is 6.50. The number of carboxylic acid groups (broad SMARTS) is 1. The molecule has 0 atom stereocenters. The summed E-state index contributed by atoms with van der Waals surface area (Å²) in [6.45, 7) is 3.51. The Labute approximate surface area is 51.6 Å². The highest BCUT2D eigenvalue weighted by molar-refractivity contribution is 6.09. The van der Waals surface area contributed by atoms with Crippen molar-refractivity contribution in [2.24, 2.45) is 5.73 Å². The maximum Gasteiger partial charge on any atom is 0.402 e. The van der Waals surface area contributed by atoms with Crippen LogP contribution in [-0.2, 0) is 0 Å². The first-order valence-corrected chi connectivity index (χ1v) is 3.65. The van der Waals surface area contributed by atoms with E-state index in [0.29, 0.717) is 0 Å². The van der Waals surface area contributed by atoms with Crippen molar-refractivity contribution in [2.45, 2.75) is 6.04 Å². The molecule has 0 rings (SSSR count). The molecule has 0 aliphatic rings. The fraction of sp³-hybridized carbons (Fsp3) is 0.250. The third-order valence-corrected chi connectivity index (χ3v) is 0.866. The minimum absolute atomic E-state index is 1.22. The summed E-state index contributed by atoms with van der Waals surface area (Å²) >= 11 is 0. The summed E-state index contributed by atoms with van der Waals surface area (Å²) in [6, 6.07) is 1.22. The van der Waals surface area contributed by atoms with Gasteiger partial charge in [-0.25, -0.2) is 4.79 Å². The number of primary amides is 1. The van der Waals surface area contributed by atoms with Crippen LogP contribution >= 0.6 is 0 Å². The molecule has 48 valence electrons. The van der Waals surface area contributed by atoms with Gasteiger partial charge in [0, 0.05) is 10.2 Å². The Morgan fingerprint density at radius 2 is 2.12 bits per heavy atom. The van der Waals surface area contributed by atoms with Crippen LogP contribution in [-0.4, -0.2) is 21.4 Å². The molecule has 4 heteroatoms. The Kier molecular flexibility index (Phi) is 12.2. The van der Waals surface area contributed by atoms with Crippen molar-refractivity contribution in [3.8, 4) is 0 Å². The van der Waals surface area contributed by atoms with Gasteiger partial charge in [-0.3, -0.25) is 0 Å². The van der Waals surface area contributed by atoms with Crippen LogP contribution in [0.15, 0.2) is 12.7 Å². The first kappa shape index (κ1) is 10.3. The number of nitrogens with two attached hydrogens (primary N) is 1. The monoisotopic (exact) mass is 133 g/mol. The third-order valence-electron chi connectivity index (χ3n) is 0.289. The van der Waals surface area contributed by atoms with Gasteiger partial charge in [-0.2, -0.15) is 0 Å². The van der Waals surface area contributed by atoms with E-state index in [2.05, 4.69) is 12.3 Å². The molecule has 0 aromatic heterocycles. The van der Waals surface area contributed by atoms with Crippen LogP contribution in [0.2, 0.25) is 6.04 Å². The number of hydrogen-bond donors (Lipinski definition) is 2. The predicted molar refractivity (Wildman–Crippen MR) is 37.2 cm³/mol. The first-order chi connectivity index (χ1) is 3.65. The highest BCUT2D eigenvalue weighted by Gasteiger charge is 1.65. The summed E-state index contributed by atoms with van der Waals surface area (Å²) in [5.41, 5.74) is 4.03. The van der Waals surface area contributed by atoms with E-state index >= 15 is 0 Å². The van der Waals surface area contributed by atoms with Crippen molar-refractivity contribution in [3.05, 3.63) is 12.7 Å². The molecule has 0 saturated carbocycles. The van der Waals surface area contributed by atoms with Gasteiger partial charge in [0.05, 0.1) is 0 Å². The largest absolute Gasteiger partial charge is 0.465 e. The van der Waals surface area contributed by atoms with Crippen molar-refractivity contribution < 1.29 is 9.90 Å². The smallest absolute Gasteiger partial charge is 0.402 e. The molecule has 3 nitrogen and oxygen atoms in total. The lowest BCUT2D eigenvalue weighted by Crippen LogP contribution is -2.03. The van der Waals surface area contributed by atoms with Gasteiger partial charge < -0.3 is 10.8 Å². The molecule has 0 aromatic carbocycles. The zero-order valence-corrected chi connectivity index (χ0v) is 6.92. The van der Waals surface area contributed by atoms with E-state index in [-0.39, 0.29) is 0 Å². The highest BCUT2D eigenvalue weighted by Crippen LogP contribution is 1.61. The Hall–Kier alpha value is -0.773. The lowest BCUT2D eigenvalue weighted by molar-refractivity contribution is 0.205. The summed E-state index contributed by atoms with van der Waals surface area (Å²) in [6.07, 6.45) is 0.603. The van der Waals surface area contributed by atoms with E-state index in [9.17, 15) is 0 Å². The lowest BCUT2D eigenvalue weighted by Gasteiger charge is -1.61. The quantitative estimate of drug-likeness (QED) is 0.377. The average molecular weight is 133 g/mol. The molecule has 0 saturated heterocycles. The lowest BCUT2D eigenvalue weighted by atomic mass is 10.8. The Morgan fingerprint density at radius 3 is 2.12 bits per heavy atom. The summed E-state index contributed by atoms with van der Waals surface area (Å²) in [5, 5.41) is 7.19. The molecule has 3 N–H and O–H groups in total. The second-order valence-electron chi connectivity index (χ2n) is 1.04. The van der Waals surface area contributed by atoms with E-state index in [1.54, 1.807) is 0 Å². The van der Waals surface area contributed by atoms with Crippen LogP contribution in [0.1, 0.15) is 0 Å². The van der Waals surface area contributed by atoms with E-state index in [4.69, 9.17) is 9.90 Å². The zero-order valence-electron chi connectivity index (χ0n) is 4.92. The van der Waals surface area contributed by atoms with Gasteiger partial charge in [0.1, 0.15) is 0 Å². The van der Waals surface area contributed by atoms with Crippen molar-refractivity contribution in [2.75, 3.05) is 0 Å². The van der Waals surface area contributed by atoms with Crippen LogP contribution in [0.3, 0.4) is 0 Å². The van der Waals surface area contributed by atoms with Crippen LogP contribution in [0.25, 0.3) is 0 Å². The molecule has 0 radical (unpaired) electrons. The van der Waals surface area contributed by atoms with Crippen molar-refractivity contribution >= 4 is 16.3 Å². The van der Waals surface area contributed by atoms with Gasteiger partial charge in [-0.05, 0) is 6.04 Å². The number of amides is 1. The van der Waals surface area contributed by atoms with Gasteiger partial charge in [0.25, 0.3) is 0 Å². The van der Waals surface area contributed by atoms with E-state index in [0.717, 1.165) is 0 Å². The van der Waals surface area contributed by atoms with E-state index < -0.39 is 6.09 Å². The average Bonchev–Trinajstić information content (AvgIpc) is 1.65. The summed E-state index contributed by atoms with van der Waals surface area (Å²) < 4.78 is 0. The SMILES string of the molecule is C=CC[SiH3].NC(=O)O. The van der Waals surface area contributed by atoms with Crippen molar-refractivity contribution in [1.29, 1.82) is 0 Å². The highest BCUT2D eigenvalue weighted by atomic mass is 28.1. The Morgan fingerprint density at radius 1 is 2.00 bits per heavy atom. The van der Waals surface area contributed by atoms with Gasteiger partial charge in [0.2, 0.25) is 0 Å². The summed E-state index contributed by atoms with van der Waals surface area (Å²) in [5.74, 6) is 0. The van der Waals surface area contributed by atoms with Gasteiger partial charge in [-0.15, -0.1) is 6.58 Å². The maximum atomic E-state index is 8.78. The molecule has 1 amide bonds. The van der Waals surface area contributed by atoms with Crippen LogP contribution in [0.5, 0.6) is 0 Å². The van der Waals surface area contributed by atoms with E-state index in [1.165, 1.54) is 16.3 Å².